The van der Waals surface area contributed by atoms with E-state index in [2.05, 4.69) is 44.2 Å². The van der Waals surface area contributed by atoms with Gasteiger partial charge < -0.3 is 10.1 Å². The van der Waals surface area contributed by atoms with Crippen LogP contribution in [0, 0.1) is 11.3 Å². The van der Waals surface area contributed by atoms with Crippen LogP contribution in [0.15, 0.2) is 36.7 Å². The van der Waals surface area contributed by atoms with Crippen molar-refractivity contribution >= 4 is 24.0 Å². The largest absolute Gasteiger partial charge is 0.496 e. The highest BCUT2D eigenvalue weighted by Gasteiger charge is 2.31. The summed E-state index contributed by atoms with van der Waals surface area (Å²) in [7, 11) is 1.61. The van der Waals surface area contributed by atoms with Crippen LogP contribution in [0.5, 0.6) is 5.75 Å². The molecule has 2 atom stereocenters. The number of piperidine rings is 1. The van der Waals surface area contributed by atoms with Gasteiger partial charge >= 0.3 is 0 Å². The third-order valence-corrected chi connectivity index (χ3v) is 5.85. The zero-order valence-corrected chi connectivity index (χ0v) is 19.6. The van der Waals surface area contributed by atoms with Gasteiger partial charge in [-0.05, 0) is 44.5 Å². The number of ether oxygens (including phenoxy) is 1. The van der Waals surface area contributed by atoms with E-state index >= 15 is 0 Å². The van der Waals surface area contributed by atoms with E-state index in [1.807, 2.05) is 30.3 Å². The maximum atomic E-state index is 14.9. The lowest BCUT2D eigenvalue weighted by Gasteiger charge is -2.37. The molecule has 0 bridgehead atoms. The molecule has 1 saturated heterocycles. The number of benzene rings is 1. The fraction of sp³-hybridized carbons (Fsp3) is 0.391. The molecule has 8 nitrogen and oxygen atoms in total. The number of nitriles is 1. The van der Waals surface area contributed by atoms with Crippen LogP contribution < -0.4 is 10.1 Å². The molecule has 3 heterocycles. The van der Waals surface area contributed by atoms with Crippen molar-refractivity contribution < 1.29 is 9.13 Å². The second-order valence-electron chi connectivity index (χ2n) is 8.15. The summed E-state index contributed by atoms with van der Waals surface area (Å²) in [5, 5.41) is 19.1. The molecule has 2 N–H and O–H groups in total. The second kappa shape index (κ2) is 10.6. The molecule has 33 heavy (non-hydrogen) atoms. The Morgan fingerprint density at radius 2 is 2.06 bits per heavy atom. The van der Waals surface area contributed by atoms with Crippen LogP contribution >= 0.6 is 12.4 Å². The molecule has 10 heteroatoms. The van der Waals surface area contributed by atoms with E-state index in [9.17, 15) is 4.39 Å². The average Bonchev–Trinajstić information content (AvgIpc) is 3.27. The van der Waals surface area contributed by atoms with E-state index in [1.165, 1.54) is 12.4 Å². The maximum Gasteiger partial charge on any atom is 0.158 e. The van der Waals surface area contributed by atoms with Crippen molar-refractivity contribution in [1.82, 2.24) is 25.1 Å². The predicted octanol–water partition coefficient (Wildman–Crippen LogP) is 4.45. The molecule has 2 aromatic heterocycles. The van der Waals surface area contributed by atoms with Gasteiger partial charge in [0.15, 0.2) is 11.5 Å². The number of H-pyrrole nitrogens is 1. The first kappa shape index (κ1) is 24.4. The van der Waals surface area contributed by atoms with Gasteiger partial charge in [-0.1, -0.05) is 6.07 Å². The van der Waals surface area contributed by atoms with Crippen molar-refractivity contribution in [3.8, 4) is 23.1 Å². The molecule has 1 aliphatic heterocycles. The Bertz CT molecular complexity index is 1110. The van der Waals surface area contributed by atoms with Crippen LogP contribution in [-0.2, 0) is 0 Å². The summed E-state index contributed by atoms with van der Waals surface area (Å²) in [5.74, 6) is 1.55. The van der Waals surface area contributed by atoms with Crippen LogP contribution in [0.4, 0.5) is 16.0 Å². The monoisotopic (exact) mass is 471 g/mol. The third kappa shape index (κ3) is 5.41. The van der Waals surface area contributed by atoms with E-state index in [4.69, 9.17) is 10.00 Å². The maximum absolute atomic E-state index is 14.9. The van der Waals surface area contributed by atoms with Gasteiger partial charge in [0.05, 0.1) is 25.2 Å². The summed E-state index contributed by atoms with van der Waals surface area (Å²) in [6, 6.07) is 9.95. The van der Waals surface area contributed by atoms with E-state index in [-0.39, 0.29) is 24.0 Å². The quantitative estimate of drug-likeness (QED) is 0.547. The molecule has 1 aliphatic rings. The topological polar surface area (TPSA) is 103 Å². The fourth-order valence-electron chi connectivity index (χ4n) is 4.04. The Hall–Kier alpha value is -3.22. The lowest BCUT2D eigenvalue weighted by Crippen LogP contribution is -2.44. The number of nitrogens with one attached hydrogen (secondary N) is 2. The summed E-state index contributed by atoms with van der Waals surface area (Å²) >= 11 is 0. The van der Waals surface area contributed by atoms with Crippen molar-refractivity contribution in [3.05, 3.63) is 47.9 Å². The lowest BCUT2D eigenvalue weighted by atomic mass is 9.86. The number of nitrogens with zero attached hydrogens (tertiary/aromatic N) is 5. The molecular weight excluding hydrogens is 445 g/mol. The Kier molecular flexibility index (Phi) is 7.84. The van der Waals surface area contributed by atoms with Crippen LogP contribution in [0.25, 0.3) is 11.3 Å². The van der Waals surface area contributed by atoms with Crippen LogP contribution in [0.3, 0.4) is 0 Å². The molecule has 3 aromatic rings. The summed E-state index contributed by atoms with van der Waals surface area (Å²) in [5.41, 5.74) is 2.78. The highest BCUT2D eigenvalue weighted by atomic mass is 35.5. The zero-order valence-electron chi connectivity index (χ0n) is 18.7. The minimum atomic E-state index is -0.904. The van der Waals surface area contributed by atoms with Crippen LogP contribution in [-0.4, -0.2) is 57.5 Å². The van der Waals surface area contributed by atoms with E-state index < -0.39 is 6.17 Å². The molecule has 174 valence electrons. The lowest BCUT2D eigenvalue weighted by molar-refractivity contribution is 0.0939. The molecule has 0 spiro atoms. The number of hydrogen-bond donors (Lipinski definition) is 2. The number of aromatic nitrogens is 4. The van der Waals surface area contributed by atoms with Gasteiger partial charge in [0.1, 0.15) is 23.8 Å². The third-order valence-electron chi connectivity index (χ3n) is 5.85. The molecular formula is C23H27ClFN7O. The van der Waals surface area contributed by atoms with Gasteiger partial charge in [-0.25, -0.2) is 14.4 Å². The molecule has 4 rings (SSSR count). The molecule has 0 amide bonds. The average molecular weight is 472 g/mol. The Morgan fingerprint density at radius 1 is 1.24 bits per heavy atom. The van der Waals surface area contributed by atoms with Crippen LogP contribution in [0.1, 0.15) is 37.4 Å². The first-order valence-corrected chi connectivity index (χ1v) is 10.6. The number of anilines is 2. The van der Waals surface area contributed by atoms with Crippen molar-refractivity contribution in [2.45, 2.75) is 38.4 Å². The van der Waals surface area contributed by atoms with Crippen molar-refractivity contribution in [3.63, 3.8) is 0 Å². The van der Waals surface area contributed by atoms with Crippen molar-refractivity contribution in [2.75, 3.05) is 25.5 Å². The van der Waals surface area contributed by atoms with E-state index in [1.54, 1.807) is 7.11 Å². The minimum Gasteiger partial charge on any atom is -0.496 e. The molecule has 0 radical (unpaired) electrons. The predicted molar refractivity (Wildman–Crippen MR) is 127 cm³/mol. The van der Waals surface area contributed by atoms with E-state index in [0.717, 1.165) is 29.8 Å². The number of likely N-dealkylation sites (tertiary alicyclic amines) is 1. The van der Waals surface area contributed by atoms with Gasteiger partial charge in [0.25, 0.3) is 0 Å². The highest BCUT2D eigenvalue weighted by Crippen LogP contribution is 2.37. The summed E-state index contributed by atoms with van der Waals surface area (Å²) in [6.07, 6.45) is 2.74. The summed E-state index contributed by atoms with van der Waals surface area (Å²) < 4.78 is 20.6. The van der Waals surface area contributed by atoms with Crippen molar-refractivity contribution in [1.29, 1.82) is 5.26 Å². The molecule has 0 saturated carbocycles. The molecule has 1 fully saturated rings. The number of alkyl halides is 1. The Labute approximate surface area is 198 Å². The molecule has 2 unspecified atom stereocenters. The first-order chi connectivity index (χ1) is 15.5. The minimum absolute atomic E-state index is 0. The Balaban J connectivity index is 0.00000306. The highest BCUT2D eigenvalue weighted by molar-refractivity contribution is 5.85. The standard InChI is InChI=1S/C23H26FN7O.ClH/c1-14(2)31-7-6-17(19(24)13-31)15-4-5-18(21(8-15)32-3)20-9-22(30-29-20)28-23-12-26-16(10-25)11-27-23;/h4-5,8-9,11-12,14,17,19H,6-7,13H2,1-3H3,(H2,27,28,29,30);1H. The summed E-state index contributed by atoms with van der Waals surface area (Å²) in [6.45, 7) is 5.56. The number of rotatable bonds is 6. The first-order valence-electron chi connectivity index (χ1n) is 10.6. The number of methoxy groups -OCH3 is 1. The number of halogens is 2. The van der Waals surface area contributed by atoms with Gasteiger partial charge in [-0.3, -0.25) is 10.00 Å². The normalized spacial score (nSPS) is 18.4. The van der Waals surface area contributed by atoms with Gasteiger partial charge in [-0.2, -0.15) is 10.4 Å². The molecule has 0 aliphatic carbocycles. The van der Waals surface area contributed by atoms with Gasteiger partial charge in [0, 0.05) is 30.1 Å². The number of aromatic amines is 1. The smallest absolute Gasteiger partial charge is 0.158 e. The SMILES string of the molecule is COc1cc(C2CCN(C(C)C)CC2F)ccc1-c1cc(Nc2cnc(C#N)cn2)n[nH]1.Cl. The van der Waals surface area contributed by atoms with Gasteiger partial charge in [-0.15, -0.1) is 12.4 Å². The number of hydrogen-bond acceptors (Lipinski definition) is 7. The summed E-state index contributed by atoms with van der Waals surface area (Å²) in [4.78, 5) is 10.3. The van der Waals surface area contributed by atoms with Crippen molar-refractivity contribution in [2.24, 2.45) is 0 Å². The fourth-order valence-corrected chi connectivity index (χ4v) is 4.04. The Morgan fingerprint density at radius 3 is 2.70 bits per heavy atom. The second-order valence-corrected chi connectivity index (χ2v) is 8.15. The zero-order chi connectivity index (χ0) is 22.7. The van der Waals surface area contributed by atoms with E-state index in [0.29, 0.717) is 30.0 Å². The van der Waals surface area contributed by atoms with Gasteiger partial charge in [0.2, 0.25) is 0 Å². The molecule has 1 aromatic carbocycles. The van der Waals surface area contributed by atoms with Crippen LogP contribution in [0.2, 0.25) is 0 Å².